The van der Waals surface area contributed by atoms with Gasteiger partial charge in [-0.25, -0.2) is 18.6 Å². The second-order valence-corrected chi connectivity index (χ2v) is 3.79. The van der Waals surface area contributed by atoms with Gasteiger partial charge < -0.3 is 0 Å². The van der Waals surface area contributed by atoms with Crippen molar-refractivity contribution in [1.82, 2.24) is 0 Å². The molecule has 0 radical (unpaired) electrons. The predicted molar refractivity (Wildman–Crippen MR) is 43.2 cm³/mol. The largest absolute Gasteiger partial charge is 1.00 e. The molecule has 0 N–H and O–H groups in total. The molecule has 0 unspecified atom stereocenters. The average Bonchev–Trinajstić information content (AvgIpc) is 1.62. The first kappa shape index (κ1) is 12.8. The Labute approximate surface area is 77.3 Å². The Hall–Kier alpha value is 0.207. The van der Waals surface area contributed by atoms with E-state index in [-0.39, 0.29) is 18.9 Å². The molecule has 54 valence electrons. The zero-order valence-electron chi connectivity index (χ0n) is 7.99. The van der Waals surface area contributed by atoms with E-state index in [4.69, 9.17) is 0 Å². The van der Waals surface area contributed by atoms with Crippen LogP contribution < -0.4 is 18.9 Å². The van der Waals surface area contributed by atoms with Gasteiger partial charge in [-0.3, -0.25) is 0 Å². The van der Waals surface area contributed by atoms with Crippen molar-refractivity contribution in [3.8, 4) is 0 Å². The molecule has 0 heterocycles. The average molecular weight is 132 g/mol. The summed E-state index contributed by atoms with van der Waals surface area (Å²) in [7, 11) is 0. The second kappa shape index (κ2) is 4.94. The third-order valence-electron chi connectivity index (χ3n) is 1.16. The molecule has 0 aliphatic heterocycles. The van der Waals surface area contributed by atoms with E-state index in [0.717, 1.165) is 6.42 Å². The normalized spacial score (nSPS) is 12.6. The van der Waals surface area contributed by atoms with Crippen molar-refractivity contribution < 1.29 is 18.9 Å². The van der Waals surface area contributed by atoms with Gasteiger partial charge in [-0.1, -0.05) is 27.2 Å². The topological polar surface area (TPSA) is 0 Å². The summed E-state index contributed by atoms with van der Waals surface area (Å²) in [5.74, 6) is 0. The molecule has 0 fully saturated rings. The van der Waals surface area contributed by atoms with Crippen LogP contribution in [0.25, 0.3) is 0 Å². The summed E-state index contributed by atoms with van der Waals surface area (Å²) in [6.45, 7) is 12.5. The van der Waals surface area contributed by atoms with E-state index in [1.807, 2.05) is 6.08 Å². The molecule has 0 spiro atoms. The molecule has 0 saturated heterocycles. The van der Waals surface area contributed by atoms with E-state index in [9.17, 15) is 0 Å². The number of hydrogen-bond acceptors (Lipinski definition) is 0. The first-order valence-corrected chi connectivity index (χ1v) is 3.40. The van der Waals surface area contributed by atoms with Crippen LogP contribution in [0.3, 0.4) is 0 Å². The number of allylic oxidation sites excluding steroid dienone is 2. The van der Waals surface area contributed by atoms with Gasteiger partial charge in [0.2, 0.25) is 0 Å². The van der Waals surface area contributed by atoms with Crippen LogP contribution >= 0.6 is 0 Å². The van der Waals surface area contributed by atoms with E-state index in [2.05, 4.69) is 34.6 Å². The summed E-state index contributed by atoms with van der Waals surface area (Å²) in [5, 5.41) is 0. The molecule has 0 rings (SSSR count). The second-order valence-electron chi connectivity index (χ2n) is 3.79. The molecular weight excluding hydrogens is 115 g/mol. The molecule has 0 nitrogen and oxygen atoms in total. The van der Waals surface area contributed by atoms with Gasteiger partial charge in [-0.2, -0.15) is 0 Å². The Kier molecular flexibility index (Phi) is 6.34. The fourth-order valence-corrected chi connectivity index (χ4v) is 0.909. The van der Waals surface area contributed by atoms with Crippen molar-refractivity contribution in [3.05, 3.63) is 18.6 Å². The van der Waals surface area contributed by atoms with E-state index in [1.165, 1.54) is 5.57 Å². The summed E-state index contributed by atoms with van der Waals surface area (Å²) in [4.78, 5) is 0. The van der Waals surface area contributed by atoms with E-state index >= 15 is 0 Å². The summed E-state index contributed by atoms with van der Waals surface area (Å²) >= 11 is 0. The van der Waals surface area contributed by atoms with Crippen molar-refractivity contribution >= 4 is 0 Å². The van der Waals surface area contributed by atoms with Crippen LogP contribution in [0, 0.1) is 12.3 Å². The Bertz CT molecular complexity index is 106. The third-order valence-corrected chi connectivity index (χ3v) is 1.16. The molecule has 10 heavy (non-hydrogen) atoms. The van der Waals surface area contributed by atoms with E-state index < -0.39 is 0 Å². The van der Waals surface area contributed by atoms with Crippen LogP contribution in [0.15, 0.2) is 11.6 Å². The van der Waals surface area contributed by atoms with Gasteiger partial charge in [0.05, 0.1) is 0 Å². The number of hydrogen-bond donors (Lipinski definition) is 0. The summed E-state index contributed by atoms with van der Waals surface area (Å²) < 4.78 is 0. The van der Waals surface area contributed by atoms with Crippen LogP contribution in [0.1, 0.15) is 34.1 Å². The van der Waals surface area contributed by atoms with Crippen LogP contribution in [-0.4, -0.2) is 0 Å². The fourth-order valence-electron chi connectivity index (χ4n) is 0.909. The summed E-state index contributed by atoms with van der Waals surface area (Å²) in [5.41, 5.74) is 1.79. The van der Waals surface area contributed by atoms with Gasteiger partial charge in [0.1, 0.15) is 0 Å². The van der Waals surface area contributed by atoms with Crippen molar-refractivity contribution in [2.45, 2.75) is 34.1 Å². The van der Waals surface area contributed by atoms with Gasteiger partial charge in [0.15, 0.2) is 0 Å². The molecule has 0 bridgehead atoms. The SMILES string of the molecule is [CH2-]C=C(C)CC(C)(C)C.[Li+]. The molecule has 0 aromatic heterocycles. The standard InChI is InChI=1S/C9H17.Li/c1-6-8(2)7-9(3,4)5;/h6H,1,7H2,2-5H3;/q-1;+1. The zero-order chi connectivity index (χ0) is 7.49. The maximum atomic E-state index is 3.71. The Morgan fingerprint density at radius 1 is 1.40 bits per heavy atom. The maximum Gasteiger partial charge on any atom is 1.00 e. The zero-order valence-corrected chi connectivity index (χ0v) is 7.99. The van der Waals surface area contributed by atoms with Crippen molar-refractivity contribution in [2.75, 3.05) is 0 Å². The van der Waals surface area contributed by atoms with Crippen LogP contribution in [-0.2, 0) is 0 Å². The Morgan fingerprint density at radius 2 is 1.80 bits per heavy atom. The molecular formula is C9H17Li. The van der Waals surface area contributed by atoms with Gasteiger partial charge in [0.25, 0.3) is 0 Å². The molecule has 0 aromatic carbocycles. The van der Waals surface area contributed by atoms with Gasteiger partial charge in [0, 0.05) is 0 Å². The molecule has 0 aliphatic rings. The molecule has 0 aliphatic carbocycles. The molecule has 0 aromatic rings. The van der Waals surface area contributed by atoms with Crippen LogP contribution in [0.4, 0.5) is 0 Å². The van der Waals surface area contributed by atoms with E-state index in [1.54, 1.807) is 0 Å². The van der Waals surface area contributed by atoms with Crippen LogP contribution in [0.2, 0.25) is 0 Å². The Morgan fingerprint density at radius 3 is 1.90 bits per heavy atom. The summed E-state index contributed by atoms with van der Waals surface area (Å²) in [6.07, 6.45) is 3.09. The minimum Gasteiger partial charge on any atom is -0.245 e. The first-order chi connectivity index (χ1) is 3.95. The molecule has 0 atom stereocenters. The quantitative estimate of drug-likeness (QED) is 0.353. The smallest absolute Gasteiger partial charge is 0.245 e. The minimum absolute atomic E-state index is 0. The third kappa shape index (κ3) is 8.21. The van der Waals surface area contributed by atoms with Crippen LogP contribution in [0.5, 0.6) is 0 Å². The molecule has 1 heteroatoms. The predicted octanol–water partition coefficient (Wildman–Crippen LogP) is 0.207. The van der Waals surface area contributed by atoms with Gasteiger partial charge in [-0.15, -0.1) is 6.92 Å². The maximum absolute atomic E-state index is 3.71. The van der Waals surface area contributed by atoms with Gasteiger partial charge >= 0.3 is 18.9 Å². The molecule has 0 amide bonds. The molecule has 0 saturated carbocycles. The van der Waals surface area contributed by atoms with Crippen molar-refractivity contribution in [2.24, 2.45) is 5.41 Å². The fraction of sp³-hybridized carbons (Fsp3) is 0.667. The number of rotatable bonds is 1. The summed E-state index contributed by atoms with van der Waals surface area (Å²) in [6, 6.07) is 0. The Balaban J connectivity index is 0. The monoisotopic (exact) mass is 132 g/mol. The van der Waals surface area contributed by atoms with Crippen molar-refractivity contribution in [3.63, 3.8) is 0 Å². The van der Waals surface area contributed by atoms with Crippen molar-refractivity contribution in [1.29, 1.82) is 0 Å². The first-order valence-electron chi connectivity index (χ1n) is 3.40. The van der Waals surface area contributed by atoms with Gasteiger partial charge in [-0.05, 0) is 5.41 Å². The van der Waals surface area contributed by atoms with E-state index in [0.29, 0.717) is 5.41 Å². The minimum atomic E-state index is 0.